The van der Waals surface area contributed by atoms with Gasteiger partial charge in [-0.2, -0.15) is 4.31 Å². The Hall–Kier alpha value is -0.980. The van der Waals surface area contributed by atoms with Crippen LogP contribution in [0.15, 0.2) is 24.3 Å². The van der Waals surface area contributed by atoms with Crippen molar-refractivity contribution in [1.82, 2.24) is 9.21 Å². The molecule has 0 aliphatic carbocycles. The van der Waals surface area contributed by atoms with Crippen LogP contribution in [-0.2, 0) is 10.0 Å². The van der Waals surface area contributed by atoms with Crippen molar-refractivity contribution in [1.29, 1.82) is 0 Å². The van der Waals surface area contributed by atoms with Crippen molar-refractivity contribution in [3.05, 3.63) is 35.6 Å². The van der Waals surface area contributed by atoms with Crippen LogP contribution in [0.4, 0.5) is 4.39 Å². The predicted molar refractivity (Wildman–Crippen MR) is 86.7 cm³/mol. The first-order valence-electron chi connectivity index (χ1n) is 7.84. The Morgan fingerprint density at radius 1 is 1.23 bits per heavy atom. The Labute approximate surface area is 133 Å². The second kappa shape index (κ2) is 7.53. The van der Waals surface area contributed by atoms with Crippen molar-refractivity contribution >= 4 is 10.0 Å². The van der Waals surface area contributed by atoms with Gasteiger partial charge in [0.15, 0.2) is 0 Å². The number of hydrogen-bond donors (Lipinski definition) is 0. The van der Waals surface area contributed by atoms with Gasteiger partial charge in [0.2, 0.25) is 10.0 Å². The van der Waals surface area contributed by atoms with E-state index < -0.39 is 10.0 Å². The highest BCUT2D eigenvalue weighted by Crippen LogP contribution is 2.22. The lowest BCUT2D eigenvalue weighted by Gasteiger charge is -2.25. The van der Waals surface area contributed by atoms with Gasteiger partial charge in [0.05, 0.1) is 5.75 Å². The van der Waals surface area contributed by atoms with E-state index in [1.165, 1.54) is 29.3 Å². The van der Waals surface area contributed by atoms with Crippen molar-refractivity contribution in [3.63, 3.8) is 0 Å². The molecule has 124 valence electrons. The van der Waals surface area contributed by atoms with E-state index in [2.05, 4.69) is 4.90 Å². The summed E-state index contributed by atoms with van der Waals surface area (Å²) in [4.78, 5) is 2.32. The van der Waals surface area contributed by atoms with E-state index in [-0.39, 0.29) is 17.6 Å². The van der Waals surface area contributed by atoms with Crippen LogP contribution >= 0.6 is 0 Å². The molecule has 1 unspecified atom stereocenters. The second-order valence-electron chi connectivity index (χ2n) is 5.96. The zero-order valence-corrected chi connectivity index (χ0v) is 14.2. The van der Waals surface area contributed by atoms with E-state index in [1.807, 2.05) is 6.92 Å². The molecule has 1 heterocycles. The molecule has 0 aromatic heterocycles. The van der Waals surface area contributed by atoms with Crippen LogP contribution in [0.1, 0.15) is 37.8 Å². The fourth-order valence-corrected chi connectivity index (χ4v) is 4.20. The van der Waals surface area contributed by atoms with Gasteiger partial charge in [-0.05, 0) is 63.5 Å². The monoisotopic (exact) mass is 328 g/mol. The highest BCUT2D eigenvalue weighted by molar-refractivity contribution is 7.89. The van der Waals surface area contributed by atoms with E-state index in [0.29, 0.717) is 6.42 Å². The molecule has 0 spiro atoms. The largest absolute Gasteiger partial charge is 0.303 e. The molecule has 1 aliphatic rings. The number of hydrogen-bond acceptors (Lipinski definition) is 3. The highest BCUT2D eigenvalue weighted by Gasteiger charge is 2.24. The van der Waals surface area contributed by atoms with Crippen molar-refractivity contribution < 1.29 is 12.8 Å². The van der Waals surface area contributed by atoms with Crippen LogP contribution in [0.3, 0.4) is 0 Å². The molecule has 0 amide bonds. The predicted octanol–water partition coefficient (Wildman–Crippen LogP) is 2.63. The van der Waals surface area contributed by atoms with E-state index >= 15 is 0 Å². The van der Waals surface area contributed by atoms with Crippen LogP contribution in [-0.4, -0.2) is 50.1 Å². The molecule has 1 saturated heterocycles. The Bertz CT molecular complexity index is 568. The van der Waals surface area contributed by atoms with Gasteiger partial charge in [-0.1, -0.05) is 12.1 Å². The van der Waals surface area contributed by atoms with Crippen molar-refractivity contribution in [3.8, 4) is 0 Å². The Balaban J connectivity index is 1.90. The van der Waals surface area contributed by atoms with Crippen molar-refractivity contribution in [2.45, 2.75) is 32.2 Å². The van der Waals surface area contributed by atoms with Crippen LogP contribution < -0.4 is 0 Å². The molecule has 6 heteroatoms. The summed E-state index contributed by atoms with van der Waals surface area (Å²) in [6.45, 7) is 4.84. The third-order valence-electron chi connectivity index (χ3n) is 4.41. The summed E-state index contributed by atoms with van der Waals surface area (Å²) >= 11 is 0. The third kappa shape index (κ3) is 4.51. The molecular formula is C16H25FN2O2S. The van der Waals surface area contributed by atoms with Gasteiger partial charge in [-0.3, -0.25) is 0 Å². The zero-order chi connectivity index (χ0) is 16.2. The van der Waals surface area contributed by atoms with E-state index in [9.17, 15) is 12.8 Å². The maximum Gasteiger partial charge on any atom is 0.214 e. The minimum Gasteiger partial charge on any atom is -0.303 e. The number of sulfonamides is 1. The lowest BCUT2D eigenvalue weighted by atomic mass is 10.1. The van der Waals surface area contributed by atoms with Crippen LogP contribution in [0.5, 0.6) is 0 Å². The first-order chi connectivity index (χ1) is 10.4. The Morgan fingerprint density at radius 3 is 2.41 bits per heavy atom. The summed E-state index contributed by atoms with van der Waals surface area (Å²) in [5.41, 5.74) is 0.798. The standard InChI is InChI=1S/C16H25FN2O2S/c1-14(15-6-8-16(17)9-7-15)18(2)22(20,21)13-5-12-19-10-3-4-11-19/h6-9,14H,3-5,10-13H2,1-2H3. The number of rotatable bonds is 7. The summed E-state index contributed by atoms with van der Waals surface area (Å²) in [7, 11) is -1.70. The van der Waals surface area contributed by atoms with E-state index in [1.54, 1.807) is 19.2 Å². The molecule has 1 aromatic rings. The quantitative estimate of drug-likeness (QED) is 0.772. The van der Waals surface area contributed by atoms with Crippen LogP contribution in [0.2, 0.25) is 0 Å². The molecule has 0 radical (unpaired) electrons. The average Bonchev–Trinajstić information content (AvgIpc) is 2.99. The molecule has 1 fully saturated rings. The first-order valence-corrected chi connectivity index (χ1v) is 9.44. The molecule has 1 aliphatic heterocycles. The van der Waals surface area contributed by atoms with Gasteiger partial charge in [0, 0.05) is 13.1 Å². The lowest BCUT2D eigenvalue weighted by molar-refractivity contribution is 0.337. The number of halogens is 1. The Morgan fingerprint density at radius 2 is 1.82 bits per heavy atom. The topological polar surface area (TPSA) is 40.6 Å². The first kappa shape index (κ1) is 17.4. The van der Waals surface area contributed by atoms with E-state index in [0.717, 1.165) is 25.2 Å². The second-order valence-corrected chi connectivity index (χ2v) is 8.11. The summed E-state index contributed by atoms with van der Waals surface area (Å²) < 4.78 is 39.2. The molecule has 22 heavy (non-hydrogen) atoms. The van der Waals surface area contributed by atoms with Crippen LogP contribution in [0, 0.1) is 5.82 Å². The minimum atomic E-state index is -3.30. The molecule has 2 rings (SSSR count). The van der Waals surface area contributed by atoms with Crippen molar-refractivity contribution in [2.24, 2.45) is 0 Å². The lowest BCUT2D eigenvalue weighted by Crippen LogP contribution is -2.33. The fraction of sp³-hybridized carbons (Fsp3) is 0.625. The Kier molecular flexibility index (Phi) is 5.94. The summed E-state index contributed by atoms with van der Waals surface area (Å²) in [6, 6.07) is 5.70. The molecule has 4 nitrogen and oxygen atoms in total. The van der Waals surface area contributed by atoms with Gasteiger partial charge < -0.3 is 4.90 Å². The third-order valence-corrected chi connectivity index (χ3v) is 6.41. The van der Waals surface area contributed by atoms with Gasteiger partial charge >= 0.3 is 0 Å². The fourth-order valence-electron chi connectivity index (χ4n) is 2.81. The number of nitrogens with zero attached hydrogens (tertiary/aromatic N) is 2. The zero-order valence-electron chi connectivity index (χ0n) is 13.3. The molecule has 0 saturated carbocycles. The van der Waals surface area contributed by atoms with Crippen molar-refractivity contribution in [2.75, 3.05) is 32.4 Å². The molecule has 0 bridgehead atoms. The van der Waals surface area contributed by atoms with Crippen LogP contribution in [0.25, 0.3) is 0 Å². The smallest absolute Gasteiger partial charge is 0.214 e. The summed E-state index contributed by atoms with van der Waals surface area (Å²) in [5.74, 6) is -0.155. The molecule has 1 aromatic carbocycles. The summed E-state index contributed by atoms with van der Waals surface area (Å²) in [5, 5.41) is 0. The maximum atomic E-state index is 13.0. The SMILES string of the molecule is CC(c1ccc(F)cc1)N(C)S(=O)(=O)CCCN1CCCC1. The van der Waals surface area contributed by atoms with Gasteiger partial charge in [0.1, 0.15) is 5.82 Å². The van der Waals surface area contributed by atoms with Gasteiger partial charge in [-0.15, -0.1) is 0 Å². The molecular weight excluding hydrogens is 303 g/mol. The molecule has 0 N–H and O–H groups in total. The van der Waals surface area contributed by atoms with Gasteiger partial charge in [0.25, 0.3) is 0 Å². The molecule has 1 atom stereocenters. The average molecular weight is 328 g/mol. The van der Waals surface area contributed by atoms with Gasteiger partial charge in [-0.25, -0.2) is 12.8 Å². The highest BCUT2D eigenvalue weighted by atomic mass is 32.2. The maximum absolute atomic E-state index is 13.0. The minimum absolute atomic E-state index is 0.158. The van der Waals surface area contributed by atoms with E-state index in [4.69, 9.17) is 0 Å². The summed E-state index contributed by atoms with van der Waals surface area (Å²) in [6.07, 6.45) is 3.09. The number of benzene rings is 1. The normalized spacial score (nSPS) is 18.0. The number of likely N-dealkylation sites (tertiary alicyclic amines) is 1.